The number of hydrogen-bond acceptors (Lipinski definition) is 6. The third-order valence-corrected chi connectivity index (χ3v) is 8.76. The molecule has 9 heteroatoms. The van der Waals surface area contributed by atoms with E-state index in [1.54, 1.807) is 6.08 Å². The quantitative estimate of drug-likeness (QED) is 0.775. The van der Waals surface area contributed by atoms with Crippen LogP contribution in [0.5, 0.6) is 0 Å². The largest absolute Gasteiger partial charge is 0.310 e. The van der Waals surface area contributed by atoms with Crippen molar-refractivity contribution in [3.63, 3.8) is 0 Å². The summed E-state index contributed by atoms with van der Waals surface area (Å²) < 4.78 is 48.1. The fourth-order valence-corrected chi connectivity index (χ4v) is 7.15. The number of nitrogens with one attached hydrogen (secondary N) is 1. The summed E-state index contributed by atoms with van der Waals surface area (Å²) in [7, 11) is -7.46. The molecular formula is C12H18N2O4S3. The number of rotatable bonds is 5. The molecule has 0 saturated carbocycles. The molecule has 2 atom stereocenters. The number of allylic oxidation sites excluding steroid dienone is 1. The zero-order valence-corrected chi connectivity index (χ0v) is 14.0. The maximum absolute atomic E-state index is 12.6. The lowest BCUT2D eigenvalue weighted by Gasteiger charge is -2.29. The van der Waals surface area contributed by atoms with Crippen molar-refractivity contribution in [3.05, 3.63) is 24.3 Å². The van der Waals surface area contributed by atoms with Crippen LogP contribution in [0.1, 0.15) is 31.4 Å². The molecule has 118 valence electrons. The highest BCUT2D eigenvalue weighted by molar-refractivity contribution is 7.95. The van der Waals surface area contributed by atoms with Gasteiger partial charge in [0.05, 0.1) is 5.25 Å². The van der Waals surface area contributed by atoms with Crippen molar-refractivity contribution in [1.82, 2.24) is 5.32 Å². The van der Waals surface area contributed by atoms with Crippen LogP contribution < -0.4 is 10.5 Å². The summed E-state index contributed by atoms with van der Waals surface area (Å²) in [5.74, 6) is 0. The lowest BCUT2D eigenvalue weighted by atomic mass is 10.0. The SMILES string of the molecule is C=CC[C@H]1C[C@H](NCC)c2cc(S(N)(=O)=O)sc2S1(=O)=O. The van der Waals surface area contributed by atoms with Crippen LogP contribution in [0.3, 0.4) is 0 Å². The van der Waals surface area contributed by atoms with E-state index in [9.17, 15) is 16.8 Å². The second-order valence-corrected chi connectivity index (χ2v) is 10.2. The Morgan fingerprint density at radius 1 is 1.57 bits per heavy atom. The number of hydrogen-bond donors (Lipinski definition) is 2. The third-order valence-electron chi connectivity index (χ3n) is 3.43. The first-order valence-corrected chi connectivity index (χ1v) is 10.4. The molecule has 6 nitrogen and oxygen atoms in total. The van der Waals surface area contributed by atoms with E-state index in [1.165, 1.54) is 6.07 Å². The standard InChI is InChI=1S/C12H18N2O4S3/c1-3-5-8-6-10(14-4-2)9-7-11(21(13,17)18)19-12(9)20(8,15)16/h3,7-8,10,14H,1,4-6H2,2H3,(H2,13,17,18)/t8-,10-/m0/s1. The Bertz CT molecular complexity index is 749. The Morgan fingerprint density at radius 3 is 2.76 bits per heavy atom. The molecule has 21 heavy (non-hydrogen) atoms. The number of sulfonamides is 1. The van der Waals surface area contributed by atoms with Gasteiger partial charge in [-0.25, -0.2) is 22.0 Å². The van der Waals surface area contributed by atoms with Gasteiger partial charge in [0.25, 0.3) is 0 Å². The minimum Gasteiger partial charge on any atom is -0.310 e. The van der Waals surface area contributed by atoms with Crippen molar-refractivity contribution in [1.29, 1.82) is 0 Å². The average molecular weight is 350 g/mol. The van der Waals surface area contributed by atoms with Gasteiger partial charge in [-0.1, -0.05) is 13.0 Å². The number of fused-ring (bicyclic) bond motifs is 1. The van der Waals surface area contributed by atoms with Gasteiger partial charge >= 0.3 is 0 Å². The first-order valence-electron chi connectivity index (χ1n) is 6.46. The molecular weight excluding hydrogens is 332 g/mol. The van der Waals surface area contributed by atoms with Crippen LogP contribution in [0.4, 0.5) is 0 Å². The number of thiophene rings is 1. The first kappa shape index (κ1) is 16.6. The van der Waals surface area contributed by atoms with Gasteiger partial charge in [-0.2, -0.15) is 0 Å². The molecule has 0 fully saturated rings. The van der Waals surface area contributed by atoms with E-state index in [0.717, 1.165) is 11.3 Å². The molecule has 0 amide bonds. The Labute approximate surface area is 129 Å². The Hall–Kier alpha value is -0.740. The molecule has 2 heterocycles. The molecule has 3 N–H and O–H groups in total. The highest BCUT2D eigenvalue weighted by Crippen LogP contribution is 2.43. The van der Waals surface area contributed by atoms with Gasteiger partial charge in [-0.05, 0) is 25.5 Å². The Balaban J connectivity index is 2.62. The molecule has 0 bridgehead atoms. The van der Waals surface area contributed by atoms with E-state index < -0.39 is 25.1 Å². The first-order chi connectivity index (χ1) is 9.71. The minimum atomic E-state index is -3.91. The zero-order valence-electron chi connectivity index (χ0n) is 11.6. The summed E-state index contributed by atoms with van der Waals surface area (Å²) >= 11 is 0.733. The van der Waals surface area contributed by atoms with Crippen LogP contribution in [0.25, 0.3) is 0 Å². The molecule has 1 aromatic rings. The highest BCUT2D eigenvalue weighted by atomic mass is 32.3. The van der Waals surface area contributed by atoms with Gasteiger partial charge in [0.15, 0.2) is 9.84 Å². The summed E-state index contributed by atoms with van der Waals surface area (Å²) in [5, 5.41) is 7.74. The van der Waals surface area contributed by atoms with E-state index >= 15 is 0 Å². The molecule has 2 rings (SSSR count). The van der Waals surface area contributed by atoms with E-state index in [2.05, 4.69) is 11.9 Å². The number of sulfone groups is 1. The van der Waals surface area contributed by atoms with Gasteiger partial charge < -0.3 is 5.32 Å². The summed E-state index contributed by atoms with van der Waals surface area (Å²) in [5.41, 5.74) is 0.506. The van der Waals surface area contributed by atoms with Crippen LogP contribution in [0, 0.1) is 0 Å². The lowest BCUT2D eigenvalue weighted by Crippen LogP contribution is -2.34. The van der Waals surface area contributed by atoms with E-state index in [-0.39, 0.29) is 14.5 Å². The van der Waals surface area contributed by atoms with Crippen LogP contribution in [-0.4, -0.2) is 28.6 Å². The highest BCUT2D eigenvalue weighted by Gasteiger charge is 2.40. The van der Waals surface area contributed by atoms with Crippen molar-refractivity contribution in [2.75, 3.05) is 6.54 Å². The molecule has 0 spiro atoms. The van der Waals surface area contributed by atoms with Crippen molar-refractivity contribution in [3.8, 4) is 0 Å². The van der Waals surface area contributed by atoms with Crippen molar-refractivity contribution >= 4 is 31.2 Å². The van der Waals surface area contributed by atoms with Crippen molar-refractivity contribution in [2.24, 2.45) is 5.14 Å². The van der Waals surface area contributed by atoms with Gasteiger partial charge in [0.2, 0.25) is 10.0 Å². The smallest absolute Gasteiger partial charge is 0.247 e. The maximum atomic E-state index is 12.6. The lowest BCUT2D eigenvalue weighted by molar-refractivity contribution is 0.469. The molecule has 0 radical (unpaired) electrons. The minimum absolute atomic E-state index is 0.107. The summed E-state index contributed by atoms with van der Waals surface area (Å²) in [6, 6.07) is 1.19. The fraction of sp³-hybridized carbons (Fsp3) is 0.500. The normalized spacial score (nSPS) is 24.5. The fourth-order valence-electron chi connectivity index (χ4n) is 2.49. The predicted molar refractivity (Wildman–Crippen MR) is 82.5 cm³/mol. The second kappa shape index (κ2) is 5.81. The monoisotopic (exact) mass is 350 g/mol. The van der Waals surface area contributed by atoms with E-state index in [1.807, 2.05) is 6.92 Å². The van der Waals surface area contributed by atoms with Crippen LogP contribution >= 0.6 is 11.3 Å². The average Bonchev–Trinajstić information content (AvgIpc) is 2.82. The number of primary sulfonamides is 1. The molecule has 0 unspecified atom stereocenters. The summed E-state index contributed by atoms with van der Waals surface area (Å²) in [6.07, 6.45) is 2.31. The van der Waals surface area contributed by atoms with E-state index in [4.69, 9.17) is 5.14 Å². The molecule has 1 aliphatic rings. The van der Waals surface area contributed by atoms with E-state index in [0.29, 0.717) is 24.9 Å². The summed E-state index contributed by atoms with van der Waals surface area (Å²) in [4.78, 5) is 0. The Morgan fingerprint density at radius 2 is 2.24 bits per heavy atom. The van der Waals surface area contributed by atoms with Gasteiger partial charge in [0, 0.05) is 11.6 Å². The molecule has 0 saturated heterocycles. The summed E-state index contributed by atoms with van der Waals surface area (Å²) in [6.45, 7) is 6.17. The maximum Gasteiger partial charge on any atom is 0.247 e. The third kappa shape index (κ3) is 3.07. The van der Waals surface area contributed by atoms with Crippen molar-refractivity contribution < 1.29 is 16.8 Å². The van der Waals surface area contributed by atoms with Gasteiger partial charge in [-0.3, -0.25) is 0 Å². The van der Waals surface area contributed by atoms with Crippen LogP contribution in [0.15, 0.2) is 27.1 Å². The second-order valence-electron chi connectivity index (χ2n) is 4.89. The molecule has 0 aromatic carbocycles. The molecule has 1 aliphatic heterocycles. The Kier molecular flexibility index (Phi) is 4.60. The van der Waals surface area contributed by atoms with Crippen molar-refractivity contribution in [2.45, 2.75) is 39.5 Å². The van der Waals surface area contributed by atoms with Crippen LogP contribution in [-0.2, 0) is 19.9 Å². The number of nitrogens with two attached hydrogens (primary N) is 1. The predicted octanol–water partition coefficient (Wildman–Crippen LogP) is 1.17. The molecule has 1 aromatic heterocycles. The topological polar surface area (TPSA) is 106 Å². The van der Waals surface area contributed by atoms with Crippen LogP contribution in [0.2, 0.25) is 0 Å². The van der Waals surface area contributed by atoms with Gasteiger partial charge in [0.1, 0.15) is 8.42 Å². The van der Waals surface area contributed by atoms with Gasteiger partial charge in [-0.15, -0.1) is 17.9 Å². The zero-order chi connectivity index (χ0) is 15.8. The molecule has 0 aliphatic carbocycles.